The molecule has 132 valence electrons. The molecule has 0 aromatic heterocycles. The highest BCUT2D eigenvalue weighted by atomic mass is 32.2. The predicted molar refractivity (Wildman–Crippen MR) is 88.4 cm³/mol. The summed E-state index contributed by atoms with van der Waals surface area (Å²) in [7, 11) is -3.45. The normalized spacial score (nSPS) is 27.8. The van der Waals surface area contributed by atoms with Crippen LogP contribution >= 0.6 is 0 Å². The number of hydrogen-bond donors (Lipinski definition) is 1. The first-order chi connectivity index (χ1) is 10.9. The van der Waals surface area contributed by atoms with E-state index in [-0.39, 0.29) is 17.6 Å². The summed E-state index contributed by atoms with van der Waals surface area (Å²) in [6.07, 6.45) is 7.77. The van der Waals surface area contributed by atoms with Crippen molar-refractivity contribution in [3.8, 4) is 0 Å². The molecule has 0 spiro atoms. The van der Waals surface area contributed by atoms with Crippen LogP contribution in [0.1, 0.15) is 58.8 Å². The van der Waals surface area contributed by atoms with Crippen LogP contribution in [-0.4, -0.2) is 49.4 Å². The SMILES string of the molecule is CCS(=O)(=O)N[C@@H](C)C(=O)N1CCC[C@]1(C=O)C1CCCCC1. The average molecular weight is 344 g/mol. The van der Waals surface area contributed by atoms with Crippen LogP contribution in [0, 0.1) is 5.92 Å². The maximum Gasteiger partial charge on any atom is 0.241 e. The molecule has 6 nitrogen and oxygen atoms in total. The Labute approximate surface area is 139 Å². The van der Waals surface area contributed by atoms with E-state index < -0.39 is 21.6 Å². The standard InChI is InChI=1S/C16H28N2O4S/c1-3-23(21,22)17-13(2)15(20)18-11-7-10-16(18,12-19)14-8-5-4-6-9-14/h12-14,17H,3-11H2,1-2H3/t13-,16-/m0/s1. The third kappa shape index (κ3) is 3.76. The van der Waals surface area contributed by atoms with Crippen LogP contribution in [-0.2, 0) is 19.6 Å². The molecule has 1 saturated carbocycles. The van der Waals surface area contributed by atoms with Gasteiger partial charge in [0, 0.05) is 6.54 Å². The Morgan fingerprint density at radius 3 is 2.52 bits per heavy atom. The number of carbonyl (C=O) groups excluding carboxylic acids is 2. The number of sulfonamides is 1. The van der Waals surface area contributed by atoms with Crippen LogP contribution in [0.3, 0.4) is 0 Å². The monoisotopic (exact) mass is 344 g/mol. The molecule has 1 amide bonds. The van der Waals surface area contributed by atoms with Crippen LogP contribution in [0.4, 0.5) is 0 Å². The van der Waals surface area contributed by atoms with E-state index in [0.29, 0.717) is 13.0 Å². The van der Waals surface area contributed by atoms with Crippen LogP contribution in [0.5, 0.6) is 0 Å². The highest BCUT2D eigenvalue weighted by Crippen LogP contribution is 2.42. The maximum absolute atomic E-state index is 12.8. The molecule has 0 bridgehead atoms. The lowest BCUT2D eigenvalue weighted by Gasteiger charge is -2.43. The molecule has 2 atom stereocenters. The van der Waals surface area contributed by atoms with E-state index >= 15 is 0 Å². The second-order valence-corrected chi connectivity index (χ2v) is 8.82. The topological polar surface area (TPSA) is 83.6 Å². The average Bonchev–Trinajstić information content (AvgIpc) is 2.99. The van der Waals surface area contributed by atoms with E-state index in [9.17, 15) is 18.0 Å². The lowest BCUT2D eigenvalue weighted by Crippen LogP contribution is -2.58. The van der Waals surface area contributed by atoms with Crippen molar-refractivity contribution in [3.05, 3.63) is 0 Å². The van der Waals surface area contributed by atoms with Crippen molar-refractivity contribution < 1.29 is 18.0 Å². The fraction of sp³-hybridized carbons (Fsp3) is 0.875. The molecule has 7 heteroatoms. The third-order valence-electron chi connectivity index (χ3n) is 5.35. The van der Waals surface area contributed by atoms with Gasteiger partial charge in [0.2, 0.25) is 15.9 Å². The number of amides is 1. The minimum Gasteiger partial charge on any atom is -0.329 e. The van der Waals surface area contributed by atoms with Crippen LogP contribution in [0.2, 0.25) is 0 Å². The molecule has 0 aromatic rings. The van der Waals surface area contributed by atoms with Gasteiger partial charge in [-0.1, -0.05) is 19.3 Å². The highest BCUT2D eigenvalue weighted by Gasteiger charge is 2.50. The molecule has 1 N–H and O–H groups in total. The summed E-state index contributed by atoms with van der Waals surface area (Å²) >= 11 is 0. The van der Waals surface area contributed by atoms with Gasteiger partial charge in [0.25, 0.3) is 0 Å². The van der Waals surface area contributed by atoms with Gasteiger partial charge in [0.05, 0.1) is 11.8 Å². The summed E-state index contributed by atoms with van der Waals surface area (Å²) in [5.74, 6) is -0.140. The van der Waals surface area contributed by atoms with Gasteiger partial charge in [-0.2, -0.15) is 0 Å². The second kappa shape index (κ2) is 7.30. The number of carbonyl (C=O) groups is 2. The molecule has 2 fully saturated rings. The molecule has 1 aliphatic heterocycles. The van der Waals surface area contributed by atoms with Crippen LogP contribution < -0.4 is 4.72 Å². The van der Waals surface area contributed by atoms with Crippen LogP contribution in [0.15, 0.2) is 0 Å². The Kier molecular flexibility index (Phi) is 5.84. The zero-order valence-corrected chi connectivity index (χ0v) is 14.9. The largest absolute Gasteiger partial charge is 0.329 e. The fourth-order valence-electron chi connectivity index (χ4n) is 4.06. The molecule has 1 heterocycles. The Morgan fingerprint density at radius 2 is 1.96 bits per heavy atom. The van der Waals surface area contributed by atoms with Gasteiger partial charge >= 0.3 is 0 Å². The van der Waals surface area contributed by atoms with Gasteiger partial charge in [-0.3, -0.25) is 4.79 Å². The molecule has 2 rings (SSSR count). The number of aldehydes is 1. The van der Waals surface area contributed by atoms with Crippen molar-refractivity contribution in [2.45, 2.75) is 70.4 Å². The summed E-state index contributed by atoms with van der Waals surface area (Å²) in [6.45, 7) is 3.63. The molecule has 2 aliphatic rings. The zero-order chi connectivity index (χ0) is 17.1. The van der Waals surface area contributed by atoms with Gasteiger partial charge in [0.15, 0.2) is 0 Å². The van der Waals surface area contributed by atoms with Gasteiger partial charge < -0.3 is 9.69 Å². The van der Waals surface area contributed by atoms with Crippen molar-refractivity contribution in [3.63, 3.8) is 0 Å². The van der Waals surface area contributed by atoms with E-state index in [1.165, 1.54) is 13.3 Å². The first-order valence-electron chi connectivity index (χ1n) is 8.64. The lowest BCUT2D eigenvalue weighted by atomic mass is 9.73. The minimum absolute atomic E-state index is 0.0634. The first kappa shape index (κ1) is 18.4. The number of likely N-dealkylation sites (tertiary alicyclic amines) is 1. The Hall–Kier alpha value is -0.950. The van der Waals surface area contributed by atoms with Crippen molar-refractivity contribution in [1.82, 2.24) is 9.62 Å². The third-order valence-corrected chi connectivity index (χ3v) is 6.82. The smallest absolute Gasteiger partial charge is 0.241 e. The highest BCUT2D eigenvalue weighted by molar-refractivity contribution is 7.89. The summed E-state index contributed by atoms with van der Waals surface area (Å²) in [5, 5.41) is 0. The summed E-state index contributed by atoms with van der Waals surface area (Å²) in [5.41, 5.74) is -0.733. The van der Waals surface area contributed by atoms with Gasteiger partial charge in [-0.15, -0.1) is 0 Å². The van der Waals surface area contributed by atoms with E-state index in [0.717, 1.165) is 38.4 Å². The fourth-order valence-corrected chi connectivity index (χ4v) is 4.87. The van der Waals surface area contributed by atoms with E-state index in [2.05, 4.69) is 4.72 Å². The molecular weight excluding hydrogens is 316 g/mol. The van der Waals surface area contributed by atoms with Gasteiger partial charge in [-0.05, 0) is 45.4 Å². The number of hydrogen-bond acceptors (Lipinski definition) is 4. The van der Waals surface area contributed by atoms with Crippen molar-refractivity contribution in [2.75, 3.05) is 12.3 Å². The van der Waals surface area contributed by atoms with Crippen molar-refractivity contribution >= 4 is 22.2 Å². The molecule has 1 aliphatic carbocycles. The molecule has 0 unspecified atom stereocenters. The summed E-state index contributed by atoms with van der Waals surface area (Å²) < 4.78 is 25.8. The predicted octanol–water partition coefficient (Wildman–Crippen LogP) is 1.45. The lowest BCUT2D eigenvalue weighted by molar-refractivity contribution is -0.144. The quantitative estimate of drug-likeness (QED) is 0.739. The van der Waals surface area contributed by atoms with Crippen molar-refractivity contribution in [1.29, 1.82) is 0 Å². The molecule has 23 heavy (non-hydrogen) atoms. The minimum atomic E-state index is -3.45. The Balaban J connectivity index is 2.18. The first-order valence-corrected chi connectivity index (χ1v) is 10.3. The zero-order valence-electron chi connectivity index (χ0n) is 14.1. The maximum atomic E-state index is 12.8. The van der Waals surface area contributed by atoms with E-state index in [1.54, 1.807) is 11.8 Å². The van der Waals surface area contributed by atoms with Crippen molar-refractivity contribution in [2.24, 2.45) is 5.92 Å². The second-order valence-electron chi connectivity index (χ2n) is 6.78. The van der Waals surface area contributed by atoms with Gasteiger partial charge in [-0.25, -0.2) is 13.1 Å². The number of nitrogens with one attached hydrogen (secondary N) is 1. The van der Waals surface area contributed by atoms with Crippen LogP contribution in [0.25, 0.3) is 0 Å². The number of rotatable bonds is 6. The molecule has 1 saturated heterocycles. The summed E-state index contributed by atoms with van der Waals surface area (Å²) in [4.78, 5) is 26.4. The Morgan fingerprint density at radius 1 is 1.30 bits per heavy atom. The molecule has 0 radical (unpaired) electrons. The molecular formula is C16H28N2O4S. The van der Waals surface area contributed by atoms with E-state index in [4.69, 9.17) is 0 Å². The Bertz CT molecular complexity index is 542. The summed E-state index contributed by atoms with van der Waals surface area (Å²) in [6, 6.07) is -0.832. The van der Waals surface area contributed by atoms with E-state index in [1.807, 2.05) is 0 Å². The van der Waals surface area contributed by atoms with Gasteiger partial charge in [0.1, 0.15) is 11.8 Å². The number of nitrogens with zero attached hydrogens (tertiary/aromatic N) is 1. The molecule has 0 aromatic carbocycles.